The Kier molecular flexibility index (Phi) is 6.35. The number of hydrogen-bond acceptors (Lipinski definition) is 5. The number of nitrogens with zero attached hydrogens (tertiary/aromatic N) is 1. The summed E-state index contributed by atoms with van der Waals surface area (Å²) in [4.78, 5) is 16.1. The van der Waals surface area contributed by atoms with Gasteiger partial charge in [-0.1, -0.05) is 11.6 Å². The lowest BCUT2D eigenvalue weighted by molar-refractivity contribution is -0.116. The van der Waals surface area contributed by atoms with Gasteiger partial charge in [0.25, 0.3) is 0 Å². The van der Waals surface area contributed by atoms with Crippen LogP contribution in [0, 0.1) is 0 Å². The second-order valence-corrected chi connectivity index (χ2v) is 5.40. The summed E-state index contributed by atoms with van der Waals surface area (Å²) in [6.07, 6.45) is 1.41. The van der Waals surface area contributed by atoms with Gasteiger partial charge in [0, 0.05) is 18.0 Å². The first-order valence-electron chi connectivity index (χ1n) is 7.21. The molecule has 6 nitrogen and oxygen atoms in total. The summed E-state index contributed by atoms with van der Waals surface area (Å²) in [6.45, 7) is -1.37. The number of hydrogen-bond donors (Lipinski definition) is 2. The Bertz CT molecular complexity index is 729. The topological polar surface area (TPSA) is 72.5 Å². The zero-order chi connectivity index (χ0) is 18.4. The normalized spacial score (nSPS) is 11.8. The molecule has 1 aromatic heterocycles. The first-order valence-corrected chi connectivity index (χ1v) is 7.58. The summed E-state index contributed by atoms with van der Waals surface area (Å²) in [7, 11) is 1.34. The van der Waals surface area contributed by atoms with Crippen molar-refractivity contribution in [2.75, 3.05) is 17.7 Å². The molecule has 1 aromatic carbocycles. The highest BCUT2D eigenvalue weighted by Gasteiger charge is 2.16. The van der Waals surface area contributed by atoms with E-state index >= 15 is 0 Å². The molecule has 2 N–H and O–H groups in total. The minimum atomic E-state index is -2.99. The predicted molar refractivity (Wildman–Crippen MR) is 90.6 cm³/mol. The highest BCUT2D eigenvalue weighted by atomic mass is 35.5. The average molecular weight is 372 g/mol. The Morgan fingerprint density at radius 3 is 2.60 bits per heavy atom. The van der Waals surface area contributed by atoms with Gasteiger partial charge in [-0.15, -0.1) is 0 Å². The highest BCUT2D eigenvalue weighted by molar-refractivity contribution is 6.30. The number of alkyl halides is 2. The Labute approximate surface area is 148 Å². The van der Waals surface area contributed by atoms with Crippen LogP contribution >= 0.6 is 11.6 Å². The third-order valence-corrected chi connectivity index (χ3v) is 3.36. The molecule has 0 fully saturated rings. The molecule has 0 aliphatic rings. The van der Waals surface area contributed by atoms with Crippen molar-refractivity contribution < 1.29 is 23.0 Å². The van der Waals surface area contributed by atoms with E-state index in [1.54, 1.807) is 25.1 Å². The van der Waals surface area contributed by atoms with E-state index < -0.39 is 12.7 Å². The second-order valence-electron chi connectivity index (χ2n) is 4.96. The fraction of sp³-hybridized carbons (Fsp3) is 0.250. The van der Waals surface area contributed by atoms with Crippen LogP contribution in [0.4, 0.5) is 20.3 Å². The Morgan fingerprint density at radius 1 is 1.24 bits per heavy atom. The average Bonchev–Trinajstić information content (AvgIpc) is 2.56. The molecule has 1 atom stereocenters. The number of carbonyl (C=O) groups excluding carboxylic acids is 1. The van der Waals surface area contributed by atoms with Crippen molar-refractivity contribution in [3.05, 3.63) is 41.6 Å². The predicted octanol–water partition coefficient (Wildman–Crippen LogP) is 3.78. The molecule has 0 radical (unpaired) electrons. The van der Waals surface area contributed by atoms with E-state index in [2.05, 4.69) is 20.4 Å². The van der Waals surface area contributed by atoms with Gasteiger partial charge in [-0.25, -0.2) is 4.98 Å². The van der Waals surface area contributed by atoms with Crippen LogP contribution in [0.1, 0.15) is 6.92 Å². The van der Waals surface area contributed by atoms with Crippen LogP contribution in [0.15, 0.2) is 36.5 Å². The number of methoxy groups -OCH3 is 1. The summed E-state index contributed by atoms with van der Waals surface area (Å²) in [5, 5.41) is 5.96. The number of rotatable bonds is 7. The number of nitrogens with one attached hydrogen (secondary N) is 2. The van der Waals surface area contributed by atoms with Crippen LogP contribution in [-0.4, -0.2) is 30.7 Å². The number of carbonyl (C=O) groups is 1. The number of pyridine rings is 1. The van der Waals surface area contributed by atoms with E-state index in [9.17, 15) is 13.6 Å². The molecule has 0 saturated heterocycles. The molecule has 2 aromatic rings. The number of aromatic nitrogens is 1. The standard InChI is InChI=1S/C16H16ClF2N3O3/c1-9(15(23)22-14-6-3-10(17)8-20-14)21-11-4-5-12(24-2)13(7-11)25-16(18)19/h3-9,16,21H,1-2H3,(H,20,22,23). The molecule has 0 saturated carbocycles. The van der Waals surface area contributed by atoms with Gasteiger partial charge in [0.2, 0.25) is 5.91 Å². The van der Waals surface area contributed by atoms with E-state index in [-0.39, 0.29) is 17.4 Å². The maximum absolute atomic E-state index is 12.5. The van der Waals surface area contributed by atoms with E-state index in [1.807, 2.05) is 0 Å². The Balaban J connectivity index is 2.04. The summed E-state index contributed by atoms with van der Waals surface area (Å²) in [6, 6.07) is 6.88. The number of ether oxygens (including phenoxy) is 2. The number of amides is 1. The molecule has 0 bridgehead atoms. The van der Waals surface area contributed by atoms with Gasteiger partial charge < -0.3 is 20.1 Å². The number of halogens is 3. The van der Waals surface area contributed by atoms with Crippen LogP contribution in [0.25, 0.3) is 0 Å². The van der Waals surface area contributed by atoms with Crippen molar-refractivity contribution in [3.63, 3.8) is 0 Å². The van der Waals surface area contributed by atoms with Crippen molar-refractivity contribution >= 4 is 29.0 Å². The highest BCUT2D eigenvalue weighted by Crippen LogP contribution is 2.31. The summed E-state index contributed by atoms with van der Waals surface area (Å²) in [5.41, 5.74) is 0.420. The molecule has 0 aliphatic carbocycles. The summed E-state index contributed by atoms with van der Waals surface area (Å²) in [5.74, 6) is 0.0178. The molecule has 1 heterocycles. The molecule has 0 aliphatic heterocycles. The fourth-order valence-electron chi connectivity index (χ4n) is 1.95. The van der Waals surface area contributed by atoms with E-state index in [0.717, 1.165) is 0 Å². The lowest BCUT2D eigenvalue weighted by atomic mass is 10.2. The van der Waals surface area contributed by atoms with Crippen molar-refractivity contribution in [2.24, 2.45) is 0 Å². The molecule has 9 heteroatoms. The van der Waals surface area contributed by atoms with E-state index in [1.165, 1.54) is 25.4 Å². The maximum Gasteiger partial charge on any atom is 0.387 e. The summed E-state index contributed by atoms with van der Waals surface area (Å²) >= 11 is 5.73. The molecule has 134 valence electrons. The molecular weight excluding hydrogens is 356 g/mol. The Morgan fingerprint density at radius 2 is 2.00 bits per heavy atom. The van der Waals surface area contributed by atoms with Gasteiger partial charge in [-0.2, -0.15) is 8.78 Å². The quantitative estimate of drug-likeness (QED) is 0.774. The summed E-state index contributed by atoms with van der Waals surface area (Å²) < 4.78 is 34.3. The molecule has 2 rings (SSSR count). The van der Waals surface area contributed by atoms with E-state index in [4.69, 9.17) is 16.3 Å². The van der Waals surface area contributed by atoms with E-state index in [0.29, 0.717) is 16.5 Å². The van der Waals surface area contributed by atoms with Gasteiger partial charge in [0.1, 0.15) is 11.9 Å². The van der Waals surface area contributed by atoms with Crippen molar-refractivity contribution in [1.82, 2.24) is 4.98 Å². The monoisotopic (exact) mass is 371 g/mol. The minimum Gasteiger partial charge on any atom is -0.493 e. The lowest BCUT2D eigenvalue weighted by Gasteiger charge is -2.17. The lowest BCUT2D eigenvalue weighted by Crippen LogP contribution is -2.32. The van der Waals surface area contributed by atoms with Gasteiger partial charge in [0.05, 0.1) is 12.1 Å². The molecule has 1 amide bonds. The van der Waals surface area contributed by atoms with Gasteiger partial charge in [-0.3, -0.25) is 4.79 Å². The van der Waals surface area contributed by atoms with Crippen molar-refractivity contribution in [3.8, 4) is 11.5 Å². The molecular formula is C16H16ClF2N3O3. The molecule has 1 unspecified atom stereocenters. The SMILES string of the molecule is COc1ccc(NC(C)C(=O)Nc2ccc(Cl)cn2)cc1OC(F)F. The smallest absolute Gasteiger partial charge is 0.387 e. The third-order valence-electron chi connectivity index (χ3n) is 3.13. The first-order chi connectivity index (χ1) is 11.9. The van der Waals surface area contributed by atoms with Crippen LogP contribution in [0.5, 0.6) is 11.5 Å². The zero-order valence-corrected chi connectivity index (χ0v) is 14.2. The first kappa shape index (κ1) is 18.7. The second kappa shape index (κ2) is 8.48. The van der Waals surface area contributed by atoms with Gasteiger partial charge in [0.15, 0.2) is 11.5 Å². The largest absolute Gasteiger partial charge is 0.493 e. The van der Waals surface area contributed by atoms with Crippen LogP contribution in [0.3, 0.4) is 0 Å². The maximum atomic E-state index is 12.5. The molecule has 25 heavy (non-hydrogen) atoms. The zero-order valence-electron chi connectivity index (χ0n) is 13.4. The Hall–Kier alpha value is -2.61. The van der Waals surface area contributed by atoms with Gasteiger partial charge in [-0.05, 0) is 31.2 Å². The van der Waals surface area contributed by atoms with Crippen LogP contribution < -0.4 is 20.1 Å². The fourth-order valence-corrected chi connectivity index (χ4v) is 2.07. The molecule has 0 spiro atoms. The van der Waals surface area contributed by atoms with Crippen molar-refractivity contribution in [2.45, 2.75) is 19.6 Å². The van der Waals surface area contributed by atoms with Crippen LogP contribution in [0.2, 0.25) is 5.02 Å². The number of benzene rings is 1. The minimum absolute atomic E-state index is 0.130. The third kappa shape index (κ3) is 5.46. The van der Waals surface area contributed by atoms with Gasteiger partial charge >= 0.3 is 6.61 Å². The van der Waals surface area contributed by atoms with Crippen LogP contribution in [-0.2, 0) is 4.79 Å². The van der Waals surface area contributed by atoms with Crippen molar-refractivity contribution in [1.29, 1.82) is 0 Å². The number of anilines is 2.